The highest BCUT2D eigenvalue weighted by molar-refractivity contribution is 5.94. The van der Waals surface area contributed by atoms with Gasteiger partial charge >= 0.3 is 0 Å². The number of carbonyl (C=O) groups is 1. The highest BCUT2D eigenvalue weighted by Crippen LogP contribution is 2.08. The molecule has 1 aromatic heterocycles. The van der Waals surface area contributed by atoms with Crippen LogP contribution in [0.15, 0.2) is 4.79 Å². The molecular formula is C14H23N3O3. The number of H-pyrrole nitrogens is 1. The summed E-state index contributed by atoms with van der Waals surface area (Å²) in [6.45, 7) is 7.69. The van der Waals surface area contributed by atoms with Crippen LogP contribution in [0, 0.1) is 6.92 Å². The minimum Gasteiger partial charge on any atom is -0.393 e. The molecule has 0 spiro atoms. The van der Waals surface area contributed by atoms with Gasteiger partial charge < -0.3 is 15.4 Å². The van der Waals surface area contributed by atoms with Crippen LogP contribution in [0.3, 0.4) is 0 Å². The number of rotatable bonds is 6. The first-order valence-corrected chi connectivity index (χ1v) is 6.93. The molecule has 0 aliphatic carbocycles. The fourth-order valence-corrected chi connectivity index (χ4v) is 1.79. The van der Waals surface area contributed by atoms with Crippen LogP contribution in [0.2, 0.25) is 0 Å². The zero-order valence-electron chi connectivity index (χ0n) is 12.5. The first-order chi connectivity index (χ1) is 9.36. The lowest BCUT2D eigenvalue weighted by Gasteiger charge is -2.11. The number of hydrogen-bond acceptors (Lipinski definition) is 4. The number of aromatic amines is 1. The fourth-order valence-electron chi connectivity index (χ4n) is 1.79. The van der Waals surface area contributed by atoms with Gasteiger partial charge in [0, 0.05) is 12.5 Å². The van der Waals surface area contributed by atoms with Crippen LogP contribution in [0.1, 0.15) is 61.4 Å². The van der Waals surface area contributed by atoms with Gasteiger partial charge in [-0.3, -0.25) is 9.59 Å². The summed E-state index contributed by atoms with van der Waals surface area (Å²) in [4.78, 5) is 30.8. The van der Waals surface area contributed by atoms with E-state index in [0.717, 1.165) is 0 Å². The third kappa shape index (κ3) is 4.16. The van der Waals surface area contributed by atoms with E-state index in [9.17, 15) is 14.7 Å². The molecule has 0 saturated heterocycles. The van der Waals surface area contributed by atoms with Crippen molar-refractivity contribution in [3.05, 3.63) is 27.4 Å². The van der Waals surface area contributed by atoms with Crippen LogP contribution in [-0.2, 0) is 0 Å². The Morgan fingerprint density at radius 3 is 2.60 bits per heavy atom. The van der Waals surface area contributed by atoms with Crippen molar-refractivity contribution in [1.82, 2.24) is 15.3 Å². The Hall–Kier alpha value is -1.69. The number of nitrogens with one attached hydrogen (secondary N) is 2. The third-order valence-electron chi connectivity index (χ3n) is 3.13. The first-order valence-electron chi connectivity index (χ1n) is 6.93. The molecule has 0 aliphatic heterocycles. The van der Waals surface area contributed by atoms with Crippen LogP contribution in [0.5, 0.6) is 0 Å². The molecule has 0 saturated carbocycles. The van der Waals surface area contributed by atoms with Crippen molar-refractivity contribution in [2.75, 3.05) is 6.54 Å². The van der Waals surface area contributed by atoms with Crippen LogP contribution in [0.4, 0.5) is 0 Å². The van der Waals surface area contributed by atoms with E-state index in [4.69, 9.17) is 0 Å². The van der Waals surface area contributed by atoms with Crippen molar-refractivity contribution in [2.45, 2.75) is 52.6 Å². The third-order valence-corrected chi connectivity index (χ3v) is 3.13. The summed E-state index contributed by atoms with van der Waals surface area (Å²) in [6.07, 6.45) is 0.674. The van der Waals surface area contributed by atoms with Gasteiger partial charge in [0.05, 0.1) is 11.8 Å². The minimum absolute atomic E-state index is 0.0420. The summed E-state index contributed by atoms with van der Waals surface area (Å²) < 4.78 is 0. The Bertz CT molecular complexity index is 523. The molecule has 1 rings (SSSR count). The topological polar surface area (TPSA) is 95.1 Å². The van der Waals surface area contributed by atoms with Crippen molar-refractivity contribution in [2.24, 2.45) is 0 Å². The van der Waals surface area contributed by atoms with Gasteiger partial charge in [-0.25, -0.2) is 4.98 Å². The Morgan fingerprint density at radius 2 is 2.10 bits per heavy atom. The zero-order valence-corrected chi connectivity index (χ0v) is 12.5. The van der Waals surface area contributed by atoms with Crippen LogP contribution >= 0.6 is 0 Å². The highest BCUT2D eigenvalue weighted by atomic mass is 16.3. The molecule has 1 atom stereocenters. The van der Waals surface area contributed by atoms with Crippen molar-refractivity contribution in [3.63, 3.8) is 0 Å². The monoisotopic (exact) mass is 281 g/mol. The molecule has 0 bridgehead atoms. The van der Waals surface area contributed by atoms with Crippen molar-refractivity contribution in [1.29, 1.82) is 0 Å². The quantitative estimate of drug-likeness (QED) is 0.727. The largest absolute Gasteiger partial charge is 0.393 e. The number of aromatic nitrogens is 2. The zero-order chi connectivity index (χ0) is 15.3. The number of amides is 1. The lowest BCUT2D eigenvalue weighted by Crippen LogP contribution is -2.33. The number of aliphatic hydroxyl groups is 1. The molecule has 6 heteroatoms. The SMILES string of the molecule is CCC(O)CCNC(=O)c1c(C)nc(C(C)C)[nH]c1=O. The van der Waals surface area contributed by atoms with Crippen LogP contribution in [0.25, 0.3) is 0 Å². The molecule has 0 fully saturated rings. The Kier molecular flexibility index (Phi) is 5.88. The predicted octanol–water partition coefficient (Wildman–Crippen LogP) is 1.09. The van der Waals surface area contributed by atoms with E-state index in [1.54, 1.807) is 6.92 Å². The molecule has 1 heterocycles. The Balaban J connectivity index is 2.81. The van der Waals surface area contributed by atoms with Gasteiger partial charge in [0.2, 0.25) is 0 Å². The van der Waals surface area contributed by atoms with Gasteiger partial charge in [0.25, 0.3) is 11.5 Å². The average molecular weight is 281 g/mol. The molecule has 1 unspecified atom stereocenters. The molecule has 0 aromatic carbocycles. The molecule has 112 valence electrons. The predicted molar refractivity (Wildman–Crippen MR) is 76.9 cm³/mol. The van der Waals surface area contributed by atoms with Crippen LogP contribution in [-0.4, -0.2) is 33.6 Å². The normalized spacial score (nSPS) is 12.5. The average Bonchev–Trinajstić information content (AvgIpc) is 2.37. The van der Waals surface area contributed by atoms with Gasteiger partial charge in [-0.2, -0.15) is 0 Å². The number of aryl methyl sites for hydroxylation is 1. The molecule has 3 N–H and O–H groups in total. The van der Waals surface area contributed by atoms with E-state index in [2.05, 4.69) is 15.3 Å². The van der Waals surface area contributed by atoms with Crippen molar-refractivity contribution < 1.29 is 9.90 Å². The smallest absolute Gasteiger partial charge is 0.264 e. The summed E-state index contributed by atoms with van der Waals surface area (Å²) in [7, 11) is 0. The van der Waals surface area contributed by atoms with E-state index < -0.39 is 17.6 Å². The first kappa shape index (κ1) is 16.4. The van der Waals surface area contributed by atoms with E-state index in [1.807, 2.05) is 20.8 Å². The highest BCUT2D eigenvalue weighted by Gasteiger charge is 2.17. The lowest BCUT2D eigenvalue weighted by atomic mass is 10.1. The molecule has 0 aliphatic rings. The second kappa shape index (κ2) is 7.19. The lowest BCUT2D eigenvalue weighted by molar-refractivity contribution is 0.0939. The maximum atomic E-state index is 12.0. The minimum atomic E-state index is -0.449. The molecule has 1 aromatic rings. The maximum absolute atomic E-state index is 12.0. The van der Waals surface area contributed by atoms with Gasteiger partial charge in [0.1, 0.15) is 11.4 Å². The summed E-state index contributed by atoms with van der Waals surface area (Å²) in [5.41, 5.74) is 0.0427. The summed E-state index contributed by atoms with van der Waals surface area (Å²) in [5, 5.41) is 12.1. The van der Waals surface area contributed by atoms with E-state index in [1.165, 1.54) is 0 Å². The van der Waals surface area contributed by atoms with E-state index >= 15 is 0 Å². The molecule has 20 heavy (non-hydrogen) atoms. The molecule has 0 radical (unpaired) electrons. The number of aliphatic hydroxyl groups excluding tert-OH is 1. The van der Waals surface area contributed by atoms with Gasteiger partial charge in [0.15, 0.2) is 0 Å². The Morgan fingerprint density at radius 1 is 1.45 bits per heavy atom. The Labute approximate surface area is 118 Å². The molecule has 6 nitrogen and oxygen atoms in total. The van der Waals surface area contributed by atoms with Crippen molar-refractivity contribution >= 4 is 5.91 Å². The molecular weight excluding hydrogens is 258 g/mol. The summed E-state index contributed by atoms with van der Waals surface area (Å²) >= 11 is 0. The number of hydrogen-bond donors (Lipinski definition) is 3. The van der Waals surface area contributed by atoms with Crippen LogP contribution < -0.4 is 10.9 Å². The second-order valence-electron chi connectivity index (χ2n) is 5.17. The van der Waals surface area contributed by atoms with E-state index in [-0.39, 0.29) is 11.5 Å². The van der Waals surface area contributed by atoms with Crippen molar-refractivity contribution in [3.8, 4) is 0 Å². The maximum Gasteiger partial charge on any atom is 0.264 e. The van der Waals surface area contributed by atoms with Gasteiger partial charge in [-0.05, 0) is 19.8 Å². The fraction of sp³-hybridized carbons (Fsp3) is 0.643. The molecule has 1 amide bonds. The van der Waals surface area contributed by atoms with Gasteiger partial charge in [-0.15, -0.1) is 0 Å². The number of nitrogens with zero attached hydrogens (tertiary/aromatic N) is 1. The van der Waals surface area contributed by atoms with E-state index in [0.29, 0.717) is 30.9 Å². The summed E-state index contributed by atoms with van der Waals surface area (Å²) in [5.74, 6) is 0.221. The standard InChI is InChI=1S/C14H23N3O3/c1-5-10(18)6-7-15-13(19)11-9(4)16-12(8(2)3)17-14(11)20/h8,10,18H,5-7H2,1-4H3,(H,15,19)(H,16,17,20). The summed E-state index contributed by atoms with van der Waals surface area (Å²) in [6, 6.07) is 0. The second-order valence-corrected chi connectivity index (χ2v) is 5.17. The number of carbonyl (C=O) groups excluding carboxylic acids is 1. The van der Waals surface area contributed by atoms with Gasteiger partial charge in [-0.1, -0.05) is 20.8 Å².